The Morgan fingerprint density at radius 2 is 2.06 bits per heavy atom. The van der Waals surface area contributed by atoms with Gasteiger partial charge < -0.3 is 10.2 Å². The third-order valence-corrected chi connectivity index (χ3v) is 3.11. The van der Waals surface area contributed by atoms with Crippen molar-refractivity contribution >= 4 is 0 Å². The SMILES string of the molecule is CC1=CC(c2ccc(O)cc2O)N(C)CC1. The molecule has 0 fully saturated rings. The minimum atomic E-state index is 0.0976. The molecule has 0 bridgehead atoms. The summed E-state index contributed by atoms with van der Waals surface area (Å²) in [7, 11) is 2.04. The number of rotatable bonds is 1. The quantitative estimate of drug-likeness (QED) is 0.713. The number of nitrogens with zero attached hydrogens (tertiary/aromatic N) is 1. The number of hydrogen-bond donors (Lipinski definition) is 2. The van der Waals surface area contributed by atoms with Gasteiger partial charge in [-0.3, -0.25) is 4.90 Å². The summed E-state index contributed by atoms with van der Waals surface area (Å²) in [6.45, 7) is 3.10. The fourth-order valence-corrected chi connectivity index (χ4v) is 2.08. The van der Waals surface area contributed by atoms with Crippen LogP contribution in [0.5, 0.6) is 11.5 Å². The van der Waals surface area contributed by atoms with Crippen molar-refractivity contribution in [2.24, 2.45) is 0 Å². The van der Waals surface area contributed by atoms with Crippen molar-refractivity contribution in [3.05, 3.63) is 35.4 Å². The van der Waals surface area contributed by atoms with Gasteiger partial charge in [0.25, 0.3) is 0 Å². The van der Waals surface area contributed by atoms with Crippen molar-refractivity contribution in [1.29, 1.82) is 0 Å². The van der Waals surface area contributed by atoms with Crippen LogP contribution in [0, 0.1) is 0 Å². The molecule has 0 aromatic heterocycles. The van der Waals surface area contributed by atoms with Gasteiger partial charge in [0.2, 0.25) is 0 Å². The van der Waals surface area contributed by atoms with Crippen LogP contribution in [0.4, 0.5) is 0 Å². The molecule has 1 aliphatic heterocycles. The first-order valence-electron chi connectivity index (χ1n) is 5.47. The van der Waals surface area contributed by atoms with Crippen LogP contribution < -0.4 is 0 Å². The molecule has 86 valence electrons. The van der Waals surface area contributed by atoms with E-state index in [-0.39, 0.29) is 17.5 Å². The number of likely N-dealkylation sites (N-methyl/N-ethyl adjacent to an activating group) is 1. The molecule has 3 nitrogen and oxygen atoms in total. The molecule has 0 amide bonds. The maximum atomic E-state index is 9.83. The van der Waals surface area contributed by atoms with Gasteiger partial charge in [-0.2, -0.15) is 0 Å². The summed E-state index contributed by atoms with van der Waals surface area (Å²) >= 11 is 0. The summed E-state index contributed by atoms with van der Waals surface area (Å²) in [6, 6.07) is 4.89. The summed E-state index contributed by atoms with van der Waals surface area (Å²) in [5.74, 6) is 0.253. The van der Waals surface area contributed by atoms with Crippen LogP contribution in [-0.2, 0) is 0 Å². The fourth-order valence-electron chi connectivity index (χ4n) is 2.08. The van der Waals surface area contributed by atoms with Crippen molar-refractivity contribution in [3.8, 4) is 11.5 Å². The van der Waals surface area contributed by atoms with Gasteiger partial charge >= 0.3 is 0 Å². The van der Waals surface area contributed by atoms with Crippen molar-refractivity contribution in [3.63, 3.8) is 0 Å². The van der Waals surface area contributed by atoms with Gasteiger partial charge in [0, 0.05) is 18.2 Å². The van der Waals surface area contributed by atoms with Crippen LogP contribution in [0.25, 0.3) is 0 Å². The normalized spacial score (nSPS) is 21.9. The van der Waals surface area contributed by atoms with Gasteiger partial charge in [-0.25, -0.2) is 0 Å². The summed E-state index contributed by atoms with van der Waals surface area (Å²) in [4.78, 5) is 2.19. The molecule has 0 aliphatic carbocycles. The monoisotopic (exact) mass is 219 g/mol. The number of aromatic hydroxyl groups is 2. The van der Waals surface area contributed by atoms with Crippen molar-refractivity contribution in [1.82, 2.24) is 4.90 Å². The van der Waals surface area contributed by atoms with E-state index in [0.29, 0.717) is 0 Å². The minimum Gasteiger partial charge on any atom is -0.508 e. The lowest BCUT2D eigenvalue weighted by Gasteiger charge is -2.31. The maximum Gasteiger partial charge on any atom is 0.124 e. The maximum absolute atomic E-state index is 9.83. The van der Waals surface area contributed by atoms with Crippen LogP contribution in [0.1, 0.15) is 24.9 Å². The number of benzene rings is 1. The van der Waals surface area contributed by atoms with Crippen LogP contribution >= 0.6 is 0 Å². The molecular formula is C13H17NO2. The van der Waals surface area contributed by atoms with E-state index in [1.807, 2.05) is 7.05 Å². The molecule has 1 atom stereocenters. The van der Waals surface area contributed by atoms with Gasteiger partial charge in [0.15, 0.2) is 0 Å². The van der Waals surface area contributed by atoms with E-state index in [1.165, 1.54) is 11.6 Å². The zero-order valence-electron chi connectivity index (χ0n) is 9.64. The van der Waals surface area contributed by atoms with Crippen molar-refractivity contribution in [2.45, 2.75) is 19.4 Å². The first-order chi connectivity index (χ1) is 7.58. The highest BCUT2D eigenvalue weighted by atomic mass is 16.3. The molecule has 16 heavy (non-hydrogen) atoms. The fraction of sp³-hybridized carbons (Fsp3) is 0.385. The third-order valence-electron chi connectivity index (χ3n) is 3.11. The molecule has 0 spiro atoms. The lowest BCUT2D eigenvalue weighted by atomic mass is 9.97. The molecule has 1 aliphatic rings. The third kappa shape index (κ3) is 2.04. The zero-order valence-corrected chi connectivity index (χ0v) is 9.64. The largest absolute Gasteiger partial charge is 0.508 e. The highest BCUT2D eigenvalue weighted by molar-refractivity contribution is 5.43. The summed E-state index contributed by atoms with van der Waals surface area (Å²) in [5.41, 5.74) is 2.19. The van der Waals surface area contributed by atoms with Crippen LogP contribution in [-0.4, -0.2) is 28.7 Å². The Morgan fingerprint density at radius 3 is 2.75 bits per heavy atom. The summed E-state index contributed by atoms with van der Waals surface area (Å²) in [6.07, 6.45) is 3.24. The second-order valence-electron chi connectivity index (χ2n) is 4.43. The molecule has 0 saturated heterocycles. The van der Waals surface area contributed by atoms with E-state index < -0.39 is 0 Å². The molecule has 0 saturated carbocycles. The first kappa shape index (κ1) is 11.0. The topological polar surface area (TPSA) is 43.7 Å². The molecule has 1 heterocycles. The molecular weight excluding hydrogens is 202 g/mol. The van der Waals surface area contributed by atoms with E-state index in [9.17, 15) is 10.2 Å². The Bertz CT molecular complexity index is 426. The molecule has 2 N–H and O–H groups in total. The lowest BCUT2D eigenvalue weighted by Crippen LogP contribution is -2.28. The average molecular weight is 219 g/mol. The number of phenols is 2. The minimum absolute atomic E-state index is 0.0976. The lowest BCUT2D eigenvalue weighted by molar-refractivity contribution is 0.268. The molecule has 3 heteroatoms. The Balaban J connectivity index is 2.39. The van der Waals surface area contributed by atoms with Gasteiger partial charge in [-0.15, -0.1) is 0 Å². The highest BCUT2D eigenvalue weighted by Crippen LogP contribution is 2.34. The number of hydrogen-bond acceptors (Lipinski definition) is 3. The van der Waals surface area contributed by atoms with Gasteiger partial charge in [0.1, 0.15) is 11.5 Å². The van der Waals surface area contributed by atoms with Crippen LogP contribution in [0.15, 0.2) is 29.8 Å². The Kier molecular flexibility index (Phi) is 2.88. The van der Waals surface area contributed by atoms with E-state index in [2.05, 4.69) is 17.9 Å². The van der Waals surface area contributed by atoms with Gasteiger partial charge in [0.05, 0.1) is 6.04 Å². The molecule has 1 unspecified atom stereocenters. The molecule has 1 aromatic rings. The summed E-state index contributed by atoms with van der Waals surface area (Å²) < 4.78 is 0. The van der Waals surface area contributed by atoms with E-state index in [0.717, 1.165) is 18.5 Å². The Morgan fingerprint density at radius 1 is 1.31 bits per heavy atom. The van der Waals surface area contributed by atoms with Gasteiger partial charge in [-0.1, -0.05) is 11.6 Å². The van der Waals surface area contributed by atoms with E-state index in [1.54, 1.807) is 12.1 Å². The van der Waals surface area contributed by atoms with Crippen molar-refractivity contribution in [2.75, 3.05) is 13.6 Å². The van der Waals surface area contributed by atoms with Crippen molar-refractivity contribution < 1.29 is 10.2 Å². The average Bonchev–Trinajstić information content (AvgIpc) is 2.22. The zero-order chi connectivity index (χ0) is 11.7. The number of phenolic OH excluding ortho intramolecular Hbond substituents is 2. The molecule has 1 aromatic carbocycles. The molecule has 0 radical (unpaired) electrons. The van der Waals surface area contributed by atoms with E-state index >= 15 is 0 Å². The summed E-state index contributed by atoms with van der Waals surface area (Å²) in [5, 5.41) is 19.1. The highest BCUT2D eigenvalue weighted by Gasteiger charge is 2.21. The smallest absolute Gasteiger partial charge is 0.124 e. The first-order valence-corrected chi connectivity index (χ1v) is 5.47. The second-order valence-corrected chi connectivity index (χ2v) is 4.43. The van der Waals surface area contributed by atoms with E-state index in [4.69, 9.17) is 0 Å². The van der Waals surface area contributed by atoms with Gasteiger partial charge in [-0.05, 0) is 32.5 Å². The predicted octanol–water partition coefficient (Wildman–Crippen LogP) is 2.42. The Hall–Kier alpha value is -1.48. The standard InChI is InChI=1S/C13H17NO2/c1-9-5-6-14(2)12(7-9)11-4-3-10(15)8-13(11)16/h3-4,7-8,12,15-16H,5-6H2,1-2H3. The second kappa shape index (κ2) is 4.18. The van der Waals surface area contributed by atoms with Crippen LogP contribution in [0.3, 0.4) is 0 Å². The van der Waals surface area contributed by atoms with Crippen LogP contribution in [0.2, 0.25) is 0 Å². The Labute approximate surface area is 95.6 Å². The molecule has 2 rings (SSSR count). The predicted molar refractivity (Wildman–Crippen MR) is 63.5 cm³/mol.